The molecule has 2 heterocycles. The summed E-state index contributed by atoms with van der Waals surface area (Å²) >= 11 is 1.61. The number of rotatable bonds is 2. The van der Waals surface area contributed by atoms with Crippen molar-refractivity contribution in [3.63, 3.8) is 0 Å². The number of nitrogens with zero attached hydrogens (tertiary/aromatic N) is 2. The van der Waals surface area contributed by atoms with Crippen LogP contribution in [-0.4, -0.2) is 23.0 Å². The molecule has 84 valence electrons. The predicted octanol–water partition coefficient (Wildman–Crippen LogP) is 2.35. The number of thiazole rings is 1. The molecule has 1 saturated heterocycles. The van der Waals surface area contributed by atoms with Crippen molar-refractivity contribution >= 4 is 16.5 Å². The fourth-order valence-electron chi connectivity index (χ4n) is 1.93. The van der Waals surface area contributed by atoms with Gasteiger partial charge in [-0.05, 0) is 31.3 Å². The van der Waals surface area contributed by atoms with E-state index in [0.717, 1.165) is 6.54 Å². The zero-order valence-corrected chi connectivity index (χ0v) is 10.3. The largest absolute Gasteiger partial charge is 0.375 e. The topological polar surface area (TPSA) is 42.2 Å². The van der Waals surface area contributed by atoms with E-state index in [1.165, 1.54) is 30.8 Å². The van der Waals surface area contributed by atoms with Crippen molar-refractivity contribution in [2.75, 3.05) is 18.8 Å². The van der Waals surface area contributed by atoms with Gasteiger partial charge in [0.2, 0.25) is 0 Å². The van der Waals surface area contributed by atoms with E-state index in [9.17, 15) is 0 Å². The molecular weight excluding hydrogens is 206 g/mol. The summed E-state index contributed by atoms with van der Waals surface area (Å²) in [5.74, 6) is 0. The number of aromatic nitrogens is 1. The lowest BCUT2D eigenvalue weighted by Gasteiger charge is -2.36. The van der Waals surface area contributed by atoms with Crippen LogP contribution in [0.2, 0.25) is 0 Å². The molecule has 0 amide bonds. The van der Waals surface area contributed by atoms with Gasteiger partial charge in [0.25, 0.3) is 0 Å². The Labute approximate surface area is 95.3 Å². The van der Waals surface area contributed by atoms with Crippen molar-refractivity contribution in [2.24, 2.45) is 5.41 Å². The van der Waals surface area contributed by atoms with Gasteiger partial charge >= 0.3 is 0 Å². The minimum atomic E-state index is 0.531. The maximum atomic E-state index is 5.62. The van der Waals surface area contributed by atoms with E-state index in [2.05, 4.69) is 23.7 Å². The minimum absolute atomic E-state index is 0.531. The summed E-state index contributed by atoms with van der Waals surface area (Å²) in [6.07, 6.45) is 4.49. The second-order valence-electron chi connectivity index (χ2n) is 5.11. The molecule has 1 aromatic heterocycles. The van der Waals surface area contributed by atoms with Crippen molar-refractivity contribution < 1.29 is 0 Å². The van der Waals surface area contributed by atoms with Crippen LogP contribution in [0.25, 0.3) is 0 Å². The molecule has 15 heavy (non-hydrogen) atoms. The first kappa shape index (κ1) is 10.9. The van der Waals surface area contributed by atoms with Crippen LogP contribution in [-0.2, 0) is 6.54 Å². The summed E-state index contributed by atoms with van der Waals surface area (Å²) in [6.45, 7) is 8.13. The number of anilines is 1. The molecule has 0 atom stereocenters. The van der Waals surface area contributed by atoms with Gasteiger partial charge in [-0.1, -0.05) is 13.8 Å². The van der Waals surface area contributed by atoms with Crippen LogP contribution in [0, 0.1) is 5.41 Å². The zero-order valence-electron chi connectivity index (χ0n) is 9.49. The van der Waals surface area contributed by atoms with Crippen molar-refractivity contribution in [3.05, 3.63) is 11.1 Å². The molecule has 2 N–H and O–H groups in total. The molecule has 0 unspecified atom stereocenters. The lowest BCUT2D eigenvalue weighted by atomic mass is 9.83. The highest BCUT2D eigenvalue weighted by Crippen LogP contribution is 2.30. The second-order valence-corrected chi connectivity index (χ2v) is 6.25. The van der Waals surface area contributed by atoms with Crippen LogP contribution in [0.4, 0.5) is 5.13 Å². The van der Waals surface area contributed by atoms with Crippen molar-refractivity contribution in [2.45, 2.75) is 33.2 Å². The van der Waals surface area contributed by atoms with Crippen LogP contribution in [0.1, 0.15) is 31.6 Å². The Kier molecular flexibility index (Phi) is 2.98. The second kappa shape index (κ2) is 4.10. The van der Waals surface area contributed by atoms with Crippen molar-refractivity contribution in [3.8, 4) is 0 Å². The summed E-state index contributed by atoms with van der Waals surface area (Å²) in [5, 5.41) is 0.683. The summed E-state index contributed by atoms with van der Waals surface area (Å²) in [6, 6.07) is 0. The van der Waals surface area contributed by atoms with E-state index in [0.29, 0.717) is 10.5 Å². The number of hydrogen-bond donors (Lipinski definition) is 1. The summed E-state index contributed by atoms with van der Waals surface area (Å²) in [5.41, 5.74) is 6.15. The van der Waals surface area contributed by atoms with E-state index < -0.39 is 0 Å². The minimum Gasteiger partial charge on any atom is -0.375 e. The van der Waals surface area contributed by atoms with E-state index >= 15 is 0 Å². The van der Waals surface area contributed by atoms with E-state index in [1.54, 1.807) is 11.3 Å². The highest BCUT2D eigenvalue weighted by atomic mass is 32.1. The van der Waals surface area contributed by atoms with Gasteiger partial charge in [0, 0.05) is 17.6 Å². The Hall–Kier alpha value is -0.610. The van der Waals surface area contributed by atoms with Crippen LogP contribution in [0.5, 0.6) is 0 Å². The number of hydrogen-bond acceptors (Lipinski definition) is 4. The SMILES string of the molecule is CC1(C)CCN(Cc2cnc(N)s2)CC1. The van der Waals surface area contributed by atoms with Gasteiger partial charge in [0.1, 0.15) is 0 Å². The molecule has 0 aliphatic carbocycles. The molecule has 0 saturated carbocycles. The van der Waals surface area contributed by atoms with Crippen LogP contribution >= 0.6 is 11.3 Å². The molecule has 0 spiro atoms. The lowest BCUT2D eigenvalue weighted by molar-refractivity contribution is 0.128. The number of piperidine rings is 1. The van der Waals surface area contributed by atoms with Crippen molar-refractivity contribution in [1.82, 2.24) is 9.88 Å². The maximum Gasteiger partial charge on any atom is 0.180 e. The first-order chi connectivity index (χ1) is 7.05. The Morgan fingerprint density at radius 3 is 2.67 bits per heavy atom. The Bertz CT molecular complexity index is 322. The van der Waals surface area contributed by atoms with Gasteiger partial charge in [0.05, 0.1) is 0 Å². The molecule has 2 rings (SSSR count). The highest BCUT2D eigenvalue weighted by Gasteiger charge is 2.25. The summed E-state index contributed by atoms with van der Waals surface area (Å²) < 4.78 is 0. The van der Waals surface area contributed by atoms with Gasteiger partial charge in [-0.25, -0.2) is 4.98 Å². The van der Waals surface area contributed by atoms with Gasteiger partial charge in [-0.2, -0.15) is 0 Å². The number of likely N-dealkylation sites (tertiary alicyclic amines) is 1. The van der Waals surface area contributed by atoms with Gasteiger partial charge in [0.15, 0.2) is 5.13 Å². The molecule has 1 aromatic rings. The van der Waals surface area contributed by atoms with Crippen molar-refractivity contribution in [1.29, 1.82) is 0 Å². The first-order valence-corrected chi connectivity index (χ1v) is 6.29. The monoisotopic (exact) mass is 225 g/mol. The number of nitrogen functional groups attached to an aromatic ring is 1. The molecule has 4 heteroatoms. The predicted molar refractivity (Wildman–Crippen MR) is 64.8 cm³/mol. The highest BCUT2D eigenvalue weighted by molar-refractivity contribution is 7.15. The van der Waals surface area contributed by atoms with Gasteiger partial charge < -0.3 is 5.73 Å². The third-order valence-corrected chi connectivity index (χ3v) is 3.97. The fourth-order valence-corrected chi connectivity index (χ4v) is 2.66. The average molecular weight is 225 g/mol. The average Bonchev–Trinajstić information content (AvgIpc) is 2.55. The molecule has 1 fully saturated rings. The van der Waals surface area contributed by atoms with E-state index in [1.807, 2.05) is 6.20 Å². The Balaban J connectivity index is 1.87. The van der Waals surface area contributed by atoms with Gasteiger partial charge in [-0.15, -0.1) is 11.3 Å². The maximum absolute atomic E-state index is 5.62. The Morgan fingerprint density at radius 1 is 1.47 bits per heavy atom. The molecule has 1 aliphatic heterocycles. The van der Waals surface area contributed by atoms with E-state index in [-0.39, 0.29) is 0 Å². The number of nitrogens with two attached hydrogens (primary N) is 1. The van der Waals surface area contributed by atoms with Crippen LogP contribution < -0.4 is 5.73 Å². The third-order valence-electron chi connectivity index (χ3n) is 3.16. The molecule has 0 radical (unpaired) electrons. The molecule has 0 bridgehead atoms. The molecule has 3 nitrogen and oxygen atoms in total. The summed E-state index contributed by atoms with van der Waals surface area (Å²) in [4.78, 5) is 7.86. The smallest absolute Gasteiger partial charge is 0.180 e. The Morgan fingerprint density at radius 2 is 2.13 bits per heavy atom. The molecular formula is C11H19N3S. The standard InChI is InChI=1S/C11H19N3S/c1-11(2)3-5-14(6-4-11)8-9-7-13-10(12)15-9/h7H,3-6,8H2,1-2H3,(H2,12,13). The third kappa shape index (κ3) is 2.92. The lowest BCUT2D eigenvalue weighted by Crippen LogP contribution is -2.36. The van der Waals surface area contributed by atoms with Crippen LogP contribution in [0.15, 0.2) is 6.20 Å². The van der Waals surface area contributed by atoms with Crippen LogP contribution in [0.3, 0.4) is 0 Å². The summed E-state index contributed by atoms with van der Waals surface area (Å²) in [7, 11) is 0. The van der Waals surface area contributed by atoms with Gasteiger partial charge in [-0.3, -0.25) is 4.90 Å². The first-order valence-electron chi connectivity index (χ1n) is 5.48. The zero-order chi connectivity index (χ0) is 10.9. The molecule has 1 aliphatic rings. The molecule has 0 aromatic carbocycles. The fraction of sp³-hybridized carbons (Fsp3) is 0.727. The quantitative estimate of drug-likeness (QED) is 0.840. The normalized spacial score (nSPS) is 21.7. The van der Waals surface area contributed by atoms with E-state index in [4.69, 9.17) is 5.73 Å².